The molecule has 1 N–H and O–H groups in total. The molecule has 0 bridgehead atoms. The van der Waals surface area contributed by atoms with Gasteiger partial charge in [-0.1, -0.05) is 13.8 Å². The Morgan fingerprint density at radius 2 is 1.87 bits per heavy atom. The van der Waals surface area contributed by atoms with E-state index in [0.717, 1.165) is 5.69 Å². The molecule has 6 heteroatoms. The van der Waals surface area contributed by atoms with Crippen LogP contribution in [0.5, 0.6) is 0 Å². The molecule has 0 saturated heterocycles. The number of nitrogens with one attached hydrogen (secondary N) is 1. The molecular weight excluding hydrogens is 292 g/mol. The Balaban J connectivity index is 2.74. The predicted octanol–water partition coefficient (Wildman–Crippen LogP) is 2.19. The Morgan fingerprint density at radius 3 is 2.35 bits per heavy atom. The topological polar surface area (TPSA) is 75.2 Å². The normalized spacial score (nSPS) is 11.4. The number of amides is 2. The molecule has 1 aromatic heterocycles. The fourth-order valence-electron chi connectivity index (χ4n) is 2.10. The van der Waals surface area contributed by atoms with Crippen LogP contribution in [0.3, 0.4) is 0 Å². The van der Waals surface area contributed by atoms with E-state index in [1.807, 2.05) is 41.5 Å². The van der Waals surface area contributed by atoms with Crippen LogP contribution in [0.25, 0.3) is 0 Å². The first-order valence-electron chi connectivity index (χ1n) is 7.97. The number of hydrogen-bond donors (Lipinski definition) is 1. The zero-order valence-corrected chi connectivity index (χ0v) is 15.0. The number of rotatable bonds is 6. The van der Waals surface area contributed by atoms with Crippen LogP contribution < -0.4 is 5.32 Å². The molecule has 0 aromatic carbocycles. The number of aryl methyl sites for hydroxylation is 1. The van der Waals surface area contributed by atoms with Gasteiger partial charge in [0.1, 0.15) is 5.69 Å². The van der Waals surface area contributed by atoms with Crippen LogP contribution in [-0.4, -0.2) is 45.3 Å². The summed E-state index contributed by atoms with van der Waals surface area (Å²) in [5, 5.41) is 2.91. The highest BCUT2D eigenvalue weighted by Crippen LogP contribution is 2.07. The summed E-state index contributed by atoms with van der Waals surface area (Å²) in [6.07, 6.45) is 3.34. The molecule has 0 aliphatic heterocycles. The lowest BCUT2D eigenvalue weighted by Crippen LogP contribution is -2.43. The van der Waals surface area contributed by atoms with Crippen LogP contribution in [0, 0.1) is 12.8 Å². The lowest BCUT2D eigenvalue weighted by atomic mass is 10.1. The van der Waals surface area contributed by atoms with Crippen LogP contribution in [0.2, 0.25) is 0 Å². The summed E-state index contributed by atoms with van der Waals surface area (Å²) in [6.45, 7) is 12.7. The largest absolute Gasteiger partial charge is 0.351 e. The van der Waals surface area contributed by atoms with Gasteiger partial charge in [-0.25, -0.2) is 4.98 Å². The van der Waals surface area contributed by atoms with Gasteiger partial charge in [-0.15, -0.1) is 0 Å². The van der Waals surface area contributed by atoms with Gasteiger partial charge in [-0.3, -0.25) is 14.6 Å². The first kappa shape index (κ1) is 19.1. The summed E-state index contributed by atoms with van der Waals surface area (Å²) in [7, 11) is 0. The van der Waals surface area contributed by atoms with E-state index in [9.17, 15) is 9.59 Å². The standard InChI is InChI=1S/C17H28N4O2/c1-12(2)11-21(8-7-15(22)20-17(4,5)6)16(23)14-10-18-13(3)9-19-14/h9-10,12H,7-8,11H2,1-6H3,(H,20,22). The average molecular weight is 320 g/mol. The smallest absolute Gasteiger partial charge is 0.274 e. The fraction of sp³-hybridized carbons (Fsp3) is 0.647. The highest BCUT2D eigenvalue weighted by atomic mass is 16.2. The number of carbonyl (C=O) groups excluding carboxylic acids is 2. The van der Waals surface area contributed by atoms with E-state index in [1.165, 1.54) is 6.20 Å². The molecular formula is C17H28N4O2. The molecule has 0 spiro atoms. The van der Waals surface area contributed by atoms with E-state index in [1.54, 1.807) is 11.1 Å². The van der Waals surface area contributed by atoms with Gasteiger partial charge in [0.2, 0.25) is 5.91 Å². The van der Waals surface area contributed by atoms with E-state index in [2.05, 4.69) is 15.3 Å². The molecule has 0 fully saturated rings. The van der Waals surface area contributed by atoms with E-state index in [-0.39, 0.29) is 23.8 Å². The van der Waals surface area contributed by atoms with Gasteiger partial charge < -0.3 is 10.2 Å². The van der Waals surface area contributed by atoms with Crippen molar-refractivity contribution in [2.45, 2.75) is 53.5 Å². The molecule has 6 nitrogen and oxygen atoms in total. The summed E-state index contributed by atoms with van der Waals surface area (Å²) in [6, 6.07) is 0. The van der Waals surface area contributed by atoms with E-state index < -0.39 is 0 Å². The van der Waals surface area contributed by atoms with Gasteiger partial charge >= 0.3 is 0 Å². The molecule has 0 unspecified atom stereocenters. The Bertz CT molecular complexity index is 533. The predicted molar refractivity (Wildman–Crippen MR) is 90.0 cm³/mol. The third-order valence-corrected chi connectivity index (χ3v) is 3.00. The van der Waals surface area contributed by atoms with Crippen LogP contribution in [-0.2, 0) is 4.79 Å². The maximum absolute atomic E-state index is 12.6. The van der Waals surface area contributed by atoms with E-state index >= 15 is 0 Å². The van der Waals surface area contributed by atoms with Crippen molar-refractivity contribution in [3.05, 3.63) is 23.8 Å². The molecule has 0 saturated carbocycles. The van der Waals surface area contributed by atoms with E-state index in [4.69, 9.17) is 0 Å². The molecule has 23 heavy (non-hydrogen) atoms. The van der Waals surface area contributed by atoms with Gasteiger partial charge in [0.05, 0.1) is 11.9 Å². The SMILES string of the molecule is Cc1cnc(C(=O)N(CCC(=O)NC(C)(C)C)CC(C)C)cn1. The van der Waals surface area contributed by atoms with Gasteiger partial charge in [-0.2, -0.15) is 0 Å². The van der Waals surface area contributed by atoms with Crippen molar-refractivity contribution in [1.29, 1.82) is 0 Å². The van der Waals surface area contributed by atoms with Crippen LogP contribution in [0.4, 0.5) is 0 Å². The highest BCUT2D eigenvalue weighted by Gasteiger charge is 2.20. The molecule has 128 valence electrons. The van der Waals surface area contributed by atoms with Crippen molar-refractivity contribution < 1.29 is 9.59 Å². The fourth-order valence-corrected chi connectivity index (χ4v) is 2.10. The molecule has 0 radical (unpaired) electrons. The zero-order chi connectivity index (χ0) is 17.6. The summed E-state index contributed by atoms with van der Waals surface area (Å²) in [4.78, 5) is 34.5. The number of hydrogen-bond acceptors (Lipinski definition) is 4. The van der Waals surface area contributed by atoms with Crippen molar-refractivity contribution >= 4 is 11.8 Å². The Hall–Kier alpha value is -1.98. The Labute approximate surface area is 138 Å². The maximum Gasteiger partial charge on any atom is 0.274 e. The summed E-state index contributed by atoms with van der Waals surface area (Å²) < 4.78 is 0. The van der Waals surface area contributed by atoms with Gasteiger partial charge in [0, 0.05) is 31.2 Å². The Morgan fingerprint density at radius 1 is 1.22 bits per heavy atom. The van der Waals surface area contributed by atoms with E-state index in [0.29, 0.717) is 24.7 Å². The lowest BCUT2D eigenvalue weighted by Gasteiger charge is -2.25. The molecule has 1 rings (SSSR count). The molecule has 2 amide bonds. The van der Waals surface area contributed by atoms with Crippen molar-refractivity contribution in [1.82, 2.24) is 20.2 Å². The maximum atomic E-state index is 12.6. The van der Waals surface area contributed by atoms with Crippen LogP contribution in [0.1, 0.15) is 57.2 Å². The number of nitrogens with zero attached hydrogens (tertiary/aromatic N) is 3. The molecule has 0 atom stereocenters. The monoisotopic (exact) mass is 320 g/mol. The first-order chi connectivity index (χ1) is 10.6. The highest BCUT2D eigenvalue weighted by molar-refractivity contribution is 5.92. The third kappa shape index (κ3) is 7.21. The van der Waals surface area contributed by atoms with Crippen LogP contribution >= 0.6 is 0 Å². The van der Waals surface area contributed by atoms with Gasteiger partial charge in [0.15, 0.2) is 0 Å². The molecule has 1 heterocycles. The third-order valence-electron chi connectivity index (χ3n) is 3.00. The number of carbonyl (C=O) groups is 2. The Kier molecular flexibility index (Phi) is 6.66. The molecule has 1 aromatic rings. The molecule has 0 aliphatic rings. The quantitative estimate of drug-likeness (QED) is 0.872. The van der Waals surface area contributed by atoms with Gasteiger partial charge in [0.25, 0.3) is 5.91 Å². The minimum Gasteiger partial charge on any atom is -0.351 e. The van der Waals surface area contributed by atoms with Crippen molar-refractivity contribution in [3.8, 4) is 0 Å². The van der Waals surface area contributed by atoms with Crippen molar-refractivity contribution in [3.63, 3.8) is 0 Å². The van der Waals surface area contributed by atoms with Crippen LogP contribution in [0.15, 0.2) is 12.4 Å². The summed E-state index contributed by atoms with van der Waals surface area (Å²) in [5.41, 5.74) is 0.806. The summed E-state index contributed by atoms with van der Waals surface area (Å²) in [5.74, 6) is 0.0619. The van der Waals surface area contributed by atoms with Gasteiger partial charge in [-0.05, 0) is 33.6 Å². The second-order valence-electron chi connectivity index (χ2n) is 7.24. The average Bonchev–Trinajstić information content (AvgIpc) is 2.41. The zero-order valence-electron chi connectivity index (χ0n) is 15.0. The minimum atomic E-state index is -0.271. The van der Waals surface area contributed by atoms with Crippen molar-refractivity contribution in [2.24, 2.45) is 5.92 Å². The molecule has 0 aliphatic carbocycles. The lowest BCUT2D eigenvalue weighted by molar-refractivity contribution is -0.122. The number of aromatic nitrogens is 2. The summed E-state index contributed by atoms with van der Waals surface area (Å²) >= 11 is 0. The second-order valence-corrected chi connectivity index (χ2v) is 7.24. The minimum absolute atomic E-state index is 0.0611. The van der Waals surface area contributed by atoms with Crippen molar-refractivity contribution in [2.75, 3.05) is 13.1 Å². The second kappa shape index (κ2) is 8.04. The first-order valence-corrected chi connectivity index (χ1v) is 7.97.